The molecule has 0 heterocycles. The molecule has 0 aliphatic rings. The maximum absolute atomic E-state index is 10.4. The minimum Gasteiger partial charge on any atom is -0.478 e. The van der Waals surface area contributed by atoms with Crippen LogP contribution in [0, 0.1) is 11.3 Å². The molecule has 3 nitrogen and oxygen atoms in total. The molecule has 16 heavy (non-hydrogen) atoms. The first kappa shape index (κ1) is 12.5. The summed E-state index contributed by atoms with van der Waals surface area (Å²) in [6.07, 6.45) is 3.73. The minimum absolute atomic E-state index is 0.449. The molecule has 1 rings (SSSR count). The van der Waals surface area contributed by atoms with Crippen molar-refractivity contribution in [2.75, 3.05) is 0 Å². The number of halogens is 1. The number of aliphatic carboxylic acids is 1. The van der Waals surface area contributed by atoms with E-state index < -0.39 is 5.97 Å². The zero-order chi connectivity index (χ0) is 12.0. The van der Waals surface area contributed by atoms with Gasteiger partial charge in [0, 0.05) is 17.0 Å². The molecule has 4 heteroatoms. The highest BCUT2D eigenvalue weighted by atomic mass is 79.9. The van der Waals surface area contributed by atoms with Gasteiger partial charge in [-0.1, -0.05) is 18.2 Å². The molecule has 0 spiro atoms. The number of aryl methyl sites for hydroxylation is 1. The smallest absolute Gasteiger partial charge is 0.328 e. The van der Waals surface area contributed by atoms with Crippen LogP contribution in [-0.4, -0.2) is 11.1 Å². The monoisotopic (exact) mass is 279 g/mol. The summed E-state index contributed by atoms with van der Waals surface area (Å²) >= 11 is 3.41. The van der Waals surface area contributed by atoms with Gasteiger partial charge in [-0.15, -0.1) is 0 Å². The molecule has 0 unspecified atom stereocenters. The van der Waals surface area contributed by atoms with Gasteiger partial charge in [0.05, 0.1) is 6.07 Å². The Kier molecular flexibility index (Phi) is 4.74. The van der Waals surface area contributed by atoms with Crippen LogP contribution in [0.1, 0.15) is 17.5 Å². The van der Waals surface area contributed by atoms with E-state index in [0.29, 0.717) is 12.8 Å². The van der Waals surface area contributed by atoms with Gasteiger partial charge in [-0.25, -0.2) is 4.79 Å². The SMILES string of the molecule is N#CCCc1cccc(/C=C/C(=O)O)c1Br. The lowest BCUT2D eigenvalue weighted by Gasteiger charge is -2.04. The van der Waals surface area contributed by atoms with Gasteiger partial charge in [0.2, 0.25) is 0 Å². The van der Waals surface area contributed by atoms with E-state index in [1.54, 1.807) is 0 Å². The van der Waals surface area contributed by atoms with E-state index in [1.807, 2.05) is 18.2 Å². The molecule has 1 N–H and O–H groups in total. The Morgan fingerprint density at radius 1 is 1.56 bits per heavy atom. The van der Waals surface area contributed by atoms with E-state index in [1.165, 1.54) is 6.08 Å². The zero-order valence-electron chi connectivity index (χ0n) is 8.48. The van der Waals surface area contributed by atoms with Gasteiger partial charge in [-0.3, -0.25) is 0 Å². The summed E-state index contributed by atoms with van der Waals surface area (Å²) in [5.41, 5.74) is 1.81. The molecule has 0 atom stereocenters. The van der Waals surface area contributed by atoms with Gasteiger partial charge in [-0.2, -0.15) is 5.26 Å². The number of nitriles is 1. The van der Waals surface area contributed by atoms with E-state index in [0.717, 1.165) is 21.7 Å². The van der Waals surface area contributed by atoms with E-state index in [4.69, 9.17) is 10.4 Å². The maximum atomic E-state index is 10.4. The number of carboxylic acids is 1. The van der Waals surface area contributed by atoms with Crippen molar-refractivity contribution in [3.8, 4) is 6.07 Å². The first-order valence-corrected chi connectivity index (χ1v) is 5.50. The second-order valence-corrected chi connectivity index (χ2v) is 3.94. The molecule has 0 fully saturated rings. The highest BCUT2D eigenvalue weighted by Gasteiger charge is 2.03. The Bertz CT molecular complexity index is 461. The van der Waals surface area contributed by atoms with Gasteiger partial charge in [0.15, 0.2) is 0 Å². The normalized spacial score (nSPS) is 10.2. The number of rotatable bonds is 4. The molecule has 0 bridgehead atoms. The van der Waals surface area contributed by atoms with Crippen LogP contribution in [0.4, 0.5) is 0 Å². The molecular formula is C12H10BrNO2. The second-order valence-electron chi connectivity index (χ2n) is 3.15. The lowest BCUT2D eigenvalue weighted by atomic mass is 10.1. The Hall–Kier alpha value is -1.60. The van der Waals surface area contributed by atoms with Crippen LogP contribution in [0.2, 0.25) is 0 Å². The molecule has 0 aromatic heterocycles. The summed E-state index contributed by atoms with van der Waals surface area (Å²) in [7, 11) is 0. The number of hydrogen-bond donors (Lipinski definition) is 1. The van der Waals surface area contributed by atoms with Gasteiger partial charge >= 0.3 is 5.97 Å². The van der Waals surface area contributed by atoms with Crippen LogP contribution in [0.5, 0.6) is 0 Å². The van der Waals surface area contributed by atoms with Crippen LogP contribution in [0.3, 0.4) is 0 Å². The molecule has 1 aromatic carbocycles. The topological polar surface area (TPSA) is 61.1 Å². The summed E-state index contributed by atoms with van der Waals surface area (Å²) in [4.78, 5) is 10.4. The van der Waals surface area contributed by atoms with Crippen LogP contribution in [-0.2, 0) is 11.2 Å². The van der Waals surface area contributed by atoms with Gasteiger partial charge in [-0.05, 0) is 39.6 Å². The van der Waals surface area contributed by atoms with Crippen LogP contribution in [0.25, 0.3) is 6.08 Å². The highest BCUT2D eigenvalue weighted by Crippen LogP contribution is 2.24. The summed E-state index contributed by atoms with van der Waals surface area (Å²) in [6, 6.07) is 7.66. The average Bonchev–Trinajstić information content (AvgIpc) is 2.26. The molecule has 0 aliphatic carbocycles. The summed E-state index contributed by atoms with van der Waals surface area (Å²) < 4.78 is 0.850. The lowest BCUT2D eigenvalue weighted by Crippen LogP contribution is -1.90. The Labute approximate surface area is 102 Å². The standard InChI is InChI=1S/C12H10BrNO2/c13-12-9(5-2-8-14)3-1-4-10(12)6-7-11(15)16/h1,3-4,6-7H,2,5H2,(H,15,16)/b7-6+. The number of carbonyl (C=O) groups is 1. The third-order valence-electron chi connectivity index (χ3n) is 2.02. The summed E-state index contributed by atoms with van der Waals surface area (Å²) in [6.45, 7) is 0. The van der Waals surface area contributed by atoms with Gasteiger partial charge in [0.25, 0.3) is 0 Å². The van der Waals surface area contributed by atoms with Crippen molar-refractivity contribution in [1.82, 2.24) is 0 Å². The van der Waals surface area contributed by atoms with Crippen molar-refractivity contribution in [2.45, 2.75) is 12.8 Å². The third-order valence-corrected chi connectivity index (χ3v) is 2.99. The van der Waals surface area contributed by atoms with E-state index >= 15 is 0 Å². The first-order valence-electron chi connectivity index (χ1n) is 4.70. The van der Waals surface area contributed by atoms with Crippen molar-refractivity contribution < 1.29 is 9.90 Å². The number of nitrogens with zero attached hydrogens (tertiary/aromatic N) is 1. The lowest BCUT2D eigenvalue weighted by molar-refractivity contribution is -0.131. The quantitative estimate of drug-likeness (QED) is 0.862. The minimum atomic E-state index is -0.977. The Balaban J connectivity index is 2.95. The predicted octanol–water partition coefficient (Wildman–Crippen LogP) is 3.00. The average molecular weight is 280 g/mol. The van der Waals surface area contributed by atoms with E-state index in [2.05, 4.69) is 22.0 Å². The fourth-order valence-corrected chi connectivity index (χ4v) is 1.87. The van der Waals surface area contributed by atoms with E-state index in [9.17, 15) is 4.79 Å². The zero-order valence-corrected chi connectivity index (χ0v) is 10.1. The number of benzene rings is 1. The first-order chi connectivity index (χ1) is 7.65. The largest absolute Gasteiger partial charge is 0.478 e. The van der Waals surface area contributed by atoms with Crippen LogP contribution in [0.15, 0.2) is 28.7 Å². The second kappa shape index (κ2) is 6.09. The molecule has 0 aliphatic heterocycles. The van der Waals surface area contributed by atoms with Gasteiger partial charge < -0.3 is 5.11 Å². The van der Waals surface area contributed by atoms with Crippen molar-refractivity contribution in [3.05, 3.63) is 39.9 Å². The fourth-order valence-electron chi connectivity index (χ4n) is 1.27. The molecule has 0 saturated carbocycles. The molecule has 0 radical (unpaired) electrons. The molecular weight excluding hydrogens is 270 g/mol. The molecule has 1 aromatic rings. The summed E-state index contributed by atoms with van der Waals surface area (Å²) in [5.74, 6) is -0.977. The van der Waals surface area contributed by atoms with E-state index in [-0.39, 0.29) is 0 Å². The van der Waals surface area contributed by atoms with Crippen LogP contribution >= 0.6 is 15.9 Å². The summed E-state index contributed by atoms with van der Waals surface area (Å²) in [5, 5.41) is 17.0. The van der Waals surface area contributed by atoms with Crippen LogP contribution < -0.4 is 0 Å². The highest BCUT2D eigenvalue weighted by molar-refractivity contribution is 9.10. The van der Waals surface area contributed by atoms with Crippen molar-refractivity contribution in [3.63, 3.8) is 0 Å². The number of carboxylic acid groups (broad SMARTS) is 1. The van der Waals surface area contributed by atoms with Crippen molar-refractivity contribution in [1.29, 1.82) is 5.26 Å². The Morgan fingerprint density at radius 3 is 2.94 bits per heavy atom. The van der Waals surface area contributed by atoms with Crippen molar-refractivity contribution >= 4 is 28.0 Å². The van der Waals surface area contributed by atoms with Gasteiger partial charge in [0.1, 0.15) is 0 Å². The van der Waals surface area contributed by atoms with Crippen molar-refractivity contribution in [2.24, 2.45) is 0 Å². The fraction of sp³-hybridized carbons (Fsp3) is 0.167. The Morgan fingerprint density at radius 2 is 2.31 bits per heavy atom. The molecule has 0 saturated heterocycles. The third kappa shape index (κ3) is 3.52. The number of hydrogen-bond acceptors (Lipinski definition) is 2. The maximum Gasteiger partial charge on any atom is 0.328 e. The molecule has 82 valence electrons. The molecule has 0 amide bonds. The predicted molar refractivity (Wildman–Crippen MR) is 64.7 cm³/mol.